The minimum absolute atomic E-state index is 0.110. The molecule has 2 aromatic carbocycles. The summed E-state index contributed by atoms with van der Waals surface area (Å²) < 4.78 is 18.7. The second-order valence-corrected chi connectivity index (χ2v) is 6.15. The molecule has 3 rings (SSSR count). The molecule has 0 aliphatic carbocycles. The molecular formula is C20H19ClFNO. The Bertz CT molecular complexity index is 738. The van der Waals surface area contributed by atoms with Crippen molar-refractivity contribution in [2.24, 2.45) is 0 Å². The Kier molecular flexibility index (Phi) is 5.68. The average Bonchev–Trinajstić information content (AvgIpc) is 3.12. The van der Waals surface area contributed by atoms with E-state index >= 15 is 0 Å². The number of halogens is 2. The van der Waals surface area contributed by atoms with Crippen molar-refractivity contribution in [2.45, 2.75) is 18.9 Å². The van der Waals surface area contributed by atoms with Crippen LogP contribution in [0.1, 0.15) is 29.2 Å². The quantitative estimate of drug-likeness (QED) is 0.582. The third kappa shape index (κ3) is 4.47. The number of hydrogen-bond acceptors (Lipinski definition) is 2. The lowest BCUT2D eigenvalue weighted by atomic mass is 9.93. The summed E-state index contributed by atoms with van der Waals surface area (Å²) in [7, 11) is 0. The standard InChI is InChI=1S/C20H19ClFNO/c21-17-7-3-15(4-8-17)14-23-12-11-19(20-2-1-13-24-20)16-5-9-18(22)10-6-16/h1-10,13,19,23H,11-12,14H2. The Morgan fingerprint density at radius 2 is 1.75 bits per heavy atom. The van der Waals surface area contributed by atoms with Gasteiger partial charge in [0.25, 0.3) is 0 Å². The van der Waals surface area contributed by atoms with Gasteiger partial charge in [-0.25, -0.2) is 4.39 Å². The number of nitrogens with one attached hydrogen (secondary N) is 1. The number of hydrogen-bond donors (Lipinski definition) is 1. The second-order valence-electron chi connectivity index (χ2n) is 5.71. The smallest absolute Gasteiger partial charge is 0.123 e. The molecule has 0 saturated heterocycles. The molecule has 2 nitrogen and oxygen atoms in total. The molecule has 1 aromatic heterocycles. The molecule has 1 atom stereocenters. The molecule has 24 heavy (non-hydrogen) atoms. The van der Waals surface area contributed by atoms with Crippen LogP contribution in [-0.2, 0) is 6.54 Å². The van der Waals surface area contributed by atoms with Crippen LogP contribution in [0.15, 0.2) is 71.3 Å². The SMILES string of the molecule is Fc1ccc(C(CCNCc2ccc(Cl)cc2)c2ccco2)cc1. The fraction of sp³-hybridized carbons (Fsp3) is 0.200. The molecule has 0 saturated carbocycles. The summed E-state index contributed by atoms with van der Waals surface area (Å²) in [6, 6.07) is 18.3. The van der Waals surface area contributed by atoms with Gasteiger partial charge in [0.05, 0.1) is 6.26 Å². The van der Waals surface area contributed by atoms with E-state index in [0.29, 0.717) is 0 Å². The van der Waals surface area contributed by atoms with E-state index in [9.17, 15) is 4.39 Å². The molecule has 0 radical (unpaired) electrons. The van der Waals surface area contributed by atoms with Gasteiger partial charge >= 0.3 is 0 Å². The monoisotopic (exact) mass is 343 g/mol. The first-order valence-corrected chi connectivity index (χ1v) is 8.34. The van der Waals surface area contributed by atoms with E-state index in [-0.39, 0.29) is 11.7 Å². The molecule has 1 unspecified atom stereocenters. The van der Waals surface area contributed by atoms with E-state index in [0.717, 1.165) is 35.9 Å². The minimum atomic E-state index is -0.224. The lowest BCUT2D eigenvalue weighted by Gasteiger charge is -2.16. The molecular weight excluding hydrogens is 325 g/mol. The molecule has 4 heteroatoms. The summed E-state index contributed by atoms with van der Waals surface area (Å²) in [6.45, 7) is 1.61. The van der Waals surface area contributed by atoms with E-state index in [4.69, 9.17) is 16.0 Å². The Balaban J connectivity index is 1.60. The van der Waals surface area contributed by atoms with Crippen molar-refractivity contribution >= 4 is 11.6 Å². The van der Waals surface area contributed by atoms with Crippen LogP contribution in [-0.4, -0.2) is 6.54 Å². The van der Waals surface area contributed by atoms with Crippen molar-refractivity contribution in [2.75, 3.05) is 6.54 Å². The third-order valence-electron chi connectivity index (χ3n) is 4.01. The van der Waals surface area contributed by atoms with Gasteiger partial charge < -0.3 is 9.73 Å². The fourth-order valence-electron chi connectivity index (χ4n) is 2.74. The topological polar surface area (TPSA) is 25.2 Å². The Labute approximate surface area is 146 Å². The molecule has 0 spiro atoms. The first-order valence-electron chi connectivity index (χ1n) is 7.96. The van der Waals surface area contributed by atoms with Gasteiger partial charge in [-0.1, -0.05) is 35.9 Å². The maximum Gasteiger partial charge on any atom is 0.123 e. The summed E-state index contributed by atoms with van der Waals surface area (Å²) in [5, 5.41) is 4.18. The Morgan fingerprint density at radius 3 is 2.42 bits per heavy atom. The van der Waals surface area contributed by atoms with Gasteiger partial charge in [-0.15, -0.1) is 0 Å². The van der Waals surface area contributed by atoms with Crippen LogP contribution >= 0.6 is 11.6 Å². The number of furan rings is 1. The lowest BCUT2D eigenvalue weighted by molar-refractivity contribution is 0.466. The average molecular weight is 344 g/mol. The van der Waals surface area contributed by atoms with E-state index < -0.39 is 0 Å². The van der Waals surface area contributed by atoms with Crippen molar-refractivity contribution in [3.63, 3.8) is 0 Å². The maximum absolute atomic E-state index is 13.2. The van der Waals surface area contributed by atoms with Gasteiger partial charge in [-0.3, -0.25) is 0 Å². The van der Waals surface area contributed by atoms with E-state index in [1.54, 1.807) is 6.26 Å². The van der Waals surface area contributed by atoms with Crippen molar-refractivity contribution in [1.29, 1.82) is 0 Å². The highest BCUT2D eigenvalue weighted by Crippen LogP contribution is 2.28. The minimum Gasteiger partial charge on any atom is -0.469 e. The van der Waals surface area contributed by atoms with Crippen LogP contribution < -0.4 is 5.32 Å². The Morgan fingerprint density at radius 1 is 1.00 bits per heavy atom. The predicted octanol–water partition coefficient (Wildman–Crippen LogP) is 5.38. The van der Waals surface area contributed by atoms with Crippen LogP contribution in [0.2, 0.25) is 5.02 Å². The van der Waals surface area contributed by atoms with Crippen molar-refractivity contribution in [3.8, 4) is 0 Å². The molecule has 1 N–H and O–H groups in total. The molecule has 0 aliphatic heterocycles. The number of rotatable bonds is 7. The third-order valence-corrected chi connectivity index (χ3v) is 4.26. The van der Waals surface area contributed by atoms with Gasteiger partial charge in [-0.2, -0.15) is 0 Å². The van der Waals surface area contributed by atoms with Crippen LogP contribution in [0, 0.1) is 5.82 Å². The highest BCUT2D eigenvalue weighted by atomic mass is 35.5. The van der Waals surface area contributed by atoms with Gasteiger partial charge in [0.1, 0.15) is 11.6 Å². The highest BCUT2D eigenvalue weighted by Gasteiger charge is 2.16. The van der Waals surface area contributed by atoms with Crippen LogP contribution in [0.3, 0.4) is 0 Å². The molecule has 1 heterocycles. The highest BCUT2D eigenvalue weighted by molar-refractivity contribution is 6.30. The molecule has 0 bridgehead atoms. The van der Waals surface area contributed by atoms with Crippen LogP contribution in [0.5, 0.6) is 0 Å². The van der Waals surface area contributed by atoms with Crippen molar-refractivity contribution < 1.29 is 8.81 Å². The van der Waals surface area contributed by atoms with Gasteiger partial charge in [0.2, 0.25) is 0 Å². The first kappa shape index (κ1) is 16.7. The zero-order valence-electron chi connectivity index (χ0n) is 13.2. The summed E-state index contributed by atoms with van der Waals surface area (Å²) in [5.41, 5.74) is 2.25. The Hall–Kier alpha value is -2.10. The van der Waals surface area contributed by atoms with Gasteiger partial charge in [-0.05, 0) is 60.5 Å². The fourth-order valence-corrected chi connectivity index (χ4v) is 2.87. The zero-order valence-corrected chi connectivity index (χ0v) is 14.0. The molecule has 0 amide bonds. The number of benzene rings is 2. The largest absolute Gasteiger partial charge is 0.469 e. The molecule has 3 aromatic rings. The van der Waals surface area contributed by atoms with Gasteiger partial charge in [0, 0.05) is 17.5 Å². The molecule has 0 aliphatic rings. The maximum atomic E-state index is 13.2. The van der Waals surface area contributed by atoms with Crippen molar-refractivity contribution in [1.82, 2.24) is 5.32 Å². The predicted molar refractivity (Wildman–Crippen MR) is 94.7 cm³/mol. The van der Waals surface area contributed by atoms with E-state index in [1.165, 1.54) is 17.7 Å². The van der Waals surface area contributed by atoms with Crippen LogP contribution in [0.4, 0.5) is 4.39 Å². The molecule has 0 fully saturated rings. The lowest BCUT2D eigenvalue weighted by Crippen LogP contribution is -2.17. The van der Waals surface area contributed by atoms with Crippen LogP contribution in [0.25, 0.3) is 0 Å². The van der Waals surface area contributed by atoms with E-state index in [1.807, 2.05) is 48.5 Å². The first-order chi connectivity index (χ1) is 11.7. The summed E-state index contributed by atoms with van der Waals surface area (Å²) in [5.74, 6) is 0.783. The second kappa shape index (κ2) is 8.13. The summed E-state index contributed by atoms with van der Waals surface area (Å²) >= 11 is 5.89. The van der Waals surface area contributed by atoms with Crippen molar-refractivity contribution in [3.05, 3.63) is 94.7 Å². The zero-order chi connectivity index (χ0) is 16.8. The van der Waals surface area contributed by atoms with E-state index in [2.05, 4.69) is 5.32 Å². The normalized spacial score (nSPS) is 12.2. The van der Waals surface area contributed by atoms with Gasteiger partial charge in [0.15, 0.2) is 0 Å². The summed E-state index contributed by atoms with van der Waals surface area (Å²) in [6.07, 6.45) is 2.54. The molecule has 124 valence electrons. The summed E-state index contributed by atoms with van der Waals surface area (Å²) in [4.78, 5) is 0.